The molecule has 0 aromatic rings. The Morgan fingerprint density at radius 1 is 1.43 bits per heavy atom. The second-order valence-electron chi connectivity index (χ2n) is 4.32. The van der Waals surface area contributed by atoms with Crippen molar-refractivity contribution in [1.82, 2.24) is 4.90 Å². The van der Waals surface area contributed by atoms with Gasteiger partial charge in [-0.25, -0.2) is 0 Å². The second kappa shape index (κ2) is 3.51. The Kier molecular flexibility index (Phi) is 2.49. The molecule has 14 heavy (non-hydrogen) atoms. The number of nitrogens with zero attached hydrogens (tertiary/aromatic N) is 1. The van der Waals surface area contributed by atoms with E-state index in [1.807, 2.05) is 14.0 Å². The zero-order valence-corrected chi connectivity index (χ0v) is 8.90. The average Bonchev–Trinajstić information content (AvgIpc) is 2.07. The molecule has 0 aromatic carbocycles. The van der Waals surface area contributed by atoms with E-state index in [1.54, 1.807) is 0 Å². The summed E-state index contributed by atoms with van der Waals surface area (Å²) >= 11 is 0. The molecule has 0 radical (unpaired) electrons. The Hall–Kier alpha value is -0.610. The van der Waals surface area contributed by atoms with E-state index >= 15 is 0 Å². The number of carbonyl (C=O) groups is 1. The second-order valence-corrected chi connectivity index (χ2v) is 4.32. The number of carbonyl (C=O) groups excluding carboxylic acids is 1. The van der Waals surface area contributed by atoms with Crippen LogP contribution in [0.2, 0.25) is 0 Å². The van der Waals surface area contributed by atoms with Gasteiger partial charge in [-0.05, 0) is 27.3 Å². The fourth-order valence-electron chi connectivity index (χ4n) is 2.40. The zero-order valence-electron chi connectivity index (χ0n) is 8.90. The lowest BCUT2D eigenvalue weighted by Gasteiger charge is -2.45. The van der Waals surface area contributed by atoms with Gasteiger partial charge in [-0.2, -0.15) is 0 Å². The summed E-state index contributed by atoms with van der Waals surface area (Å²) in [6.07, 6.45) is 1.12. The van der Waals surface area contributed by atoms with Crippen LogP contribution in [-0.2, 0) is 14.3 Å². The van der Waals surface area contributed by atoms with Gasteiger partial charge in [-0.1, -0.05) is 0 Å². The normalized spacial score (nSPS) is 44.4. The van der Waals surface area contributed by atoms with Crippen molar-refractivity contribution in [3.8, 4) is 0 Å². The molecule has 2 aliphatic rings. The minimum absolute atomic E-state index is 0.00968. The summed E-state index contributed by atoms with van der Waals surface area (Å²) in [5, 5.41) is 0. The molecular formula is C10H17NO3. The van der Waals surface area contributed by atoms with Gasteiger partial charge in [0.2, 0.25) is 0 Å². The molecule has 0 bridgehead atoms. The van der Waals surface area contributed by atoms with E-state index in [9.17, 15) is 4.79 Å². The third-order valence-corrected chi connectivity index (χ3v) is 3.07. The molecule has 2 rings (SSSR count). The van der Waals surface area contributed by atoms with Gasteiger partial charge in [0, 0.05) is 0 Å². The van der Waals surface area contributed by atoms with Gasteiger partial charge in [0.05, 0.1) is 24.8 Å². The first-order valence-electron chi connectivity index (χ1n) is 5.13. The minimum atomic E-state index is -0.140. The van der Waals surface area contributed by atoms with Gasteiger partial charge >= 0.3 is 5.97 Å². The number of hydrogen-bond acceptors (Lipinski definition) is 4. The van der Waals surface area contributed by atoms with Crippen molar-refractivity contribution < 1.29 is 14.3 Å². The van der Waals surface area contributed by atoms with Crippen LogP contribution in [-0.4, -0.2) is 48.8 Å². The number of hydrogen-bond donors (Lipinski definition) is 0. The van der Waals surface area contributed by atoms with Gasteiger partial charge in [-0.3, -0.25) is 9.69 Å². The Balaban J connectivity index is 2.14. The van der Waals surface area contributed by atoms with Gasteiger partial charge in [0.25, 0.3) is 0 Å². The molecule has 4 unspecified atom stereocenters. The van der Waals surface area contributed by atoms with Crippen LogP contribution in [0.3, 0.4) is 0 Å². The molecule has 0 spiro atoms. The summed E-state index contributed by atoms with van der Waals surface area (Å²) in [7, 11) is 1.98. The van der Waals surface area contributed by atoms with Gasteiger partial charge < -0.3 is 9.47 Å². The molecule has 0 amide bonds. The van der Waals surface area contributed by atoms with Crippen molar-refractivity contribution >= 4 is 5.97 Å². The lowest BCUT2D eigenvalue weighted by molar-refractivity contribution is -0.197. The SMILES string of the molecule is CC1CC2C(OC(=O)CN2C)C(C)O1. The highest BCUT2D eigenvalue weighted by Crippen LogP contribution is 2.28. The Bertz CT molecular complexity index is 244. The third kappa shape index (κ3) is 1.64. The summed E-state index contributed by atoms with van der Waals surface area (Å²) in [6.45, 7) is 4.44. The van der Waals surface area contributed by atoms with Crippen LogP contribution < -0.4 is 0 Å². The van der Waals surface area contributed by atoms with E-state index in [0.29, 0.717) is 12.6 Å². The first kappa shape index (κ1) is 9.93. The molecule has 2 aliphatic heterocycles. The molecule has 0 saturated carbocycles. The van der Waals surface area contributed by atoms with Crippen molar-refractivity contribution in [2.24, 2.45) is 0 Å². The third-order valence-electron chi connectivity index (χ3n) is 3.07. The highest BCUT2D eigenvalue weighted by atomic mass is 16.6. The van der Waals surface area contributed by atoms with Crippen LogP contribution in [0.15, 0.2) is 0 Å². The van der Waals surface area contributed by atoms with E-state index in [4.69, 9.17) is 9.47 Å². The Morgan fingerprint density at radius 2 is 2.14 bits per heavy atom. The van der Waals surface area contributed by atoms with Crippen LogP contribution in [0.1, 0.15) is 20.3 Å². The number of likely N-dealkylation sites (N-methyl/N-ethyl adjacent to an activating group) is 1. The van der Waals surface area contributed by atoms with E-state index < -0.39 is 0 Å². The largest absolute Gasteiger partial charge is 0.457 e. The number of esters is 1. The number of rotatable bonds is 0. The van der Waals surface area contributed by atoms with E-state index in [0.717, 1.165) is 6.42 Å². The highest BCUT2D eigenvalue weighted by molar-refractivity contribution is 5.72. The summed E-state index contributed by atoms with van der Waals surface area (Å²) in [5.41, 5.74) is 0. The van der Waals surface area contributed by atoms with Crippen molar-refractivity contribution in [3.63, 3.8) is 0 Å². The van der Waals surface area contributed by atoms with Crippen LogP contribution in [0.25, 0.3) is 0 Å². The minimum Gasteiger partial charge on any atom is -0.457 e. The van der Waals surface area contributed by atoms with Crippen molar-refractivity contribution in [2.75, 3.05) is 13.6 Å². The molecule has 80 valence electrons. The Morgan fingerprint density at radius 3 is 2.86 bits per heavy atom. The fourth-order valence-corrected chi connectivity index (χ4v) is 2.40. The summed E-state index contributed by atoms with van der Waals surface area (Å²) in [6, 6.07) is 0.325. The molecule has 2 fully saturated rings. The first-order valence-corrected chi connectivity index (χ1v) is 5.13. The average molecular weight is 199 g/mol. The van der Waals surface area contributed by atoms with Crippen LogP contribution in [0.5, 0.6) is 0 Å². The monoisotopic (exact) mass is 199 g/mol. The molecule has 0 aromatic heterocycles. The van der Waals surface area contributed by atoms with Crippen molar-refractivity contribution in [2.45, 2.75) is 44.6 Å². The van der Waals surface area contributed by atoms with Gasteiger partial charge in [0.1, 0.15) is 6.10 Å². The first-order chi connectivity index (χ1) is 6.58. The maximum Gasteiger partial charge on any atom is 0.320 e. The van der Waals surface area contributed by atoms with E-state index in [1.165, 1.54) is 0 Å². The summed E-state index contributed by atoms with van der Waals surface area (Å²) < 4.78 is 11.0. The van der Waals surface area contributed by atoms with Crippen molar-refractivity contribution in [3.05, 3.63) is 0 Å². The van der Waals surface area contributed by atoms with Crippen LogP contribution in [0, 0.1) is 0 Å². The fraction of sp³-hybridized carbons (Fsp3) is 0.900. The standard InChI is InChI=1S/C10H17NO3/c1-6-4-8-10(7(2)13-6)14-9(12)5-11(8)3/h6-8,10H,4-5H2,1-3H3. The lowest BCUT2D eigenvalue weighted by Crippen LogP contribution is -2.59. The topological polar surface area (TPSA) is 38.8 Å². The number of morpholine rings is 1. The summed E-state index contributed by atoms with van der Waals surface area (Å²) in [5.74, 6) is -0.140. The number of fused-ring (bicyclic) bond motifs is 1. The maximum absolute atomic E-state index is 11.2. The molecule has 4 nitrogen and oxygen atoms in total. The molecular weight excluding hydrogens is 182 g/mol. The highest BCUT2D eigenvalue weighted by Gasteiger charge is 2.43. The molecule has 0 aliphatic carbocycles. The predicted molar refractivity (Wildman–Crippen MR) is 50.9 cm³/mol. The molecule has 0 N–H and O–H groups in total. The maximum atomic E-state index is 11.2. The molecule has 2 saturated heterocycles. The zero-order chi connectivity index (χ0) is 10.3. The van der Waals surface area contributed by atoms with Gasteiger partial charge in [0.15, 0.2) is 0 Å². The van der Waals surface area contributed by atoms with Crippen LogP contribution in [0.4, 0.5) is 0 Å². The van der Waals surface area contributed by atoms with E-state index in [-0.39, 0.29) is 24.3 Å². The van der Waals surface area contributed by atoms with Gasteiger partial charge in [-0.15, -0.1) is 0 Å². The predicted octanol–water partition coefficient (Wildman–Crippen LogP) is 0.409. The lowest BCUT2D eigenvalue weighted by atomic mass is 9.94. The van der Waals surface area contributed by atoms with Crippen molar-refractivity contribution in [1.29, 1.82) is 0 Å². The van der Waals surface area contributed by atoms with Crippen LogP contribution >= 0.6 is 0 Å². The van der Waals surface area contributed by atoms with E-state index in [2.05, 4.69) is 11.8 Å². The quantitative estimate of drug-likeness (QED) is 0.530. The number of ether oxygens (including phenoxy) is 2. The summed E-state index contributed by atoms with van der Waals surface area (Å²) in [4.78, 5) is 13.3. The smallest absolute Gasteiger partial charge is 0.320 e. The molecule has 4 heteroatoms. The molecule has 2 heterocycles. The molecule has 4 atom stereocenters. The Labute approximate surface area is 84.2 Å².